The maximum atomic E-state index is 6.26. The zero-order valence-corrected chi connectivity index (χ0v) is 23.2. The number of halogens is 1. The molecule has 1 saturated heterocycles. The number of fused-ring (bicyclic) bond motifs is 2. The molecule has 1 aliphatic carbocycles. The largest absolute Gasteiger partial charge is 0.496 e. The molecule has 1 fully saturated rings. The third kappa shape index (κ3) is 8.22. The molecule has 1 heterocycles. The molecule has 5 atom stereocenters. The van der Waals surface area contributed by atoms with Crippen LogP contribution in [-0.2, 0) is 22.1 Å². The predicted molar refractivity (Wildman–Crippen MR) is 140 cm³/mol. The lowest BCUT2D eigenvalue weighted by molar-refractivity contribution is 0.0692. The van der Waals surface area contributed by atoms with E-state index in [4.69, 9.17) is 14.0 Å². The summed E-state index contributed by atoms with van der Waals surface area (Å²) in [6.45, 7) is 11.7. The van der Waals surface area contributed by atoms with E-state index >= 15 is 0 Å². The molecule has 0 radical (unpaired) electrons. The van der Waals surface area contributed by atoms with Crippen LogP contribution in [0, 0.1) is 11.8 Å². The maximum Gasteiger partial charge on any atom is 0.122 e. The van der Waals surface area contributed by atoms with Crippen LogP contribution in [0.5, 0.6) is 5.75 Å². The molecule has 2 aliphatic rings. The summed E-state index contributed by atoms with van der Waals surface area (Å²) < 4.78 is 17.9. The Kier molecular flexibility index (Phi) is 15.7. The monoisotopic (exact) mass is 550 g/mol. The molecular weight excluding hydrogens is 506 g/mol. The summed E-state index contributed by atoms with van der Waals surface area (Å²) >= 11 is 2.35. The number of unbranched alkanes of at least 4 members (excludes halogenated alkanes) is 2. The predicted octanol–water partition coefficient (Wildman–Crippen LogP) is 8.17. The highest BCUT2D eigenvalue weighted by atomic mass is 127. The highest BCUT2D eigenvalue weighted by molar-refractivity contribution is 14.2. The van der Waals surface area contributed by atoms with Crippen LogP contribution >= 0.6 is 28.5 Å². The fraction of sp³-hybridized carbons (Fsp3) is 0.760. The van der Waals surface area contributed by atoms with Crippen molar-refractivity contribution in [3.05, 3.63) is 29.3 Å². The molecule has 0 spiro atoms. The molecular formula is C25H44IO3P. The third-order valence-electron chi connectivity index (χ3n) is 6.09. The van der Waals surface area contributed by atoms with Gasteiger partial charge in [-0.1, -0.05) is 66.0 Å². The van der Waals surface area contributed by atoms with Crippen molar-refractivity contribution in [2.24, 2.45) is 11.8 Å². The van der Waals surface area contributed by atoms with Crippen LogP contribution in [0.15, 0.2) is 18.2 Å². The summed E-state index contributed by atoms with van der Waals surface area (Å²) in [5.74, 6) is 2.36. The van der Waals surface area contributed by atoms with E-state index in [0.717, 1.165) is 38.0 Å². The lowest BCUT2D eigenvalue weighted by Crippen LogP contribution is -2.29. The summed E-state index contributed by atoms with van der Waals surface area (Å²) in [6.07, 6.45) is 10.4. The second kappa shape index (κ2) is 16.7. The standard InChI is InChI=1S/C21H32IO3P.2C2H6/c1-3-4-5-8-17(25-26-22)10-11-21-19-12-15-7-6-9-20(23-2)18(15)13-16(19)14-24-21;2*1-2/h6-7,9,16-17,19,21,26H,3-5,8,10-14H2,1-2H3;2*1-2H3. The van der Waals surface area contributed by atoms with Gasteiger partial charge in [-0.2, -0.15) is 0 Å². The molecule has 174 valence electrons. The topological polar surface area (TPSA) is 27.7 Å². The summed E-state index contributed by atoms with van der Waals surface area (Å²) in [4.78, 5) is 0. The molecule has 5 heteroatoms. The number of rotatable bonds is 10. The normalized spacial score (nSPS) is 23.0. The average Bonchev–Trinajstić information content (AvgIpc) is 3.20. The van der Waals surface area contributed by atoms with E-state index in [1.54, 1.807) is 7.11 Å². The van der Waals surface area contributed by atoms with Gasteiger partial charge in [0.1, 0.15) is 5.75 Å². The Morgan fingerprint density at radius 1 is 1.13 bits per heavy atom. The quantitative estimate of drug-likeness (QED) is 0.167. The van der Waals surface area contributed by atoms with Crippen LogP contribution in [0.25, 0.3) is 0 Å². The Morgan fingerprint density at radius 2 is 1.90 bits per heavy atom. The van der Waals surface area contributed by atoms with Crippen LogP contribution in [0.4, 0.5) is 0 Å². The molecule has 3 nitrogen and oxygen atoms in total. The number of benzene rings is 1. The van der Waals surface area contributed by atoms with Gasteiger partial charge in [-0.3, -0.25) is 0 Å². The summed E-state index contributed by atoms with van der Waals surface area (Å²) in [5.41, 5.74) is 2.87. The second-order valence-electron chi connectivity index (χ2n) is 7.69. The van der Waals surface area contributed by atoms with Crippen molar-refractivity contribution in [2.45, 2.75) is 98.2 Å². The van der Waals surface area contributed by atoms with Crippen molar-refractivity contribution in [3.63, 3.8) is 0 Å². The molecule has 30 heavy (non-hydrogen) atoms. The minimum atomic E-state index is 0.397. The number of ether oxygens (including phenoxy) is 2. The van der Waals surface area contributed by atoms with Gasteiger partial charge in [-0.05, 0) is 83.2 Å². The van der Waals surface area contributed by atoms with Crippen LogP contribution in [0.3, 0.4) is 0 Å². The number of hydrogen-bond acceptors (Lipinski definition) is 3. The van der Waals surface area contributed by atoms with Crippen molar-refractivity contribution >= 4 is 28.5 Å². The molecule has 1 aromatic rings. The van der Waals surface area contributed by atoms with Gasteiger partial charge in [-0.25, -0.2) is 0 Å². The van der Waals surface area contributed by atoms with E-state index in [9.17, 15) is 0 Å². The van der Waals surface area contributed by atoms with E-state index in [1.807, 2.05) is 27.7 Å². The highest BCUT2D eigenvalue weighted by Crippen LogP contribution is 2.42. The molecule has 1 aromatic carbocycles. The zero-order chi connectivity index (χ0) is 22.4. The van der Waals surface area contributed by atoms with Crippen LogP contribution in [0.2, 0.25) is 0 Å². The fourth-order valence-electron chi connectivity index (χ4n) is 4.64. The minimum absolute atomic E-state index is 0.397. The maximum absolute atomic E-state index is 6.26. The van der Waals surface area contributed by atoms with Crippen LogP contribution in [-0.4, -0.2) is 25.9 Å². The van der Waals surface area contributed by atoms with Crippen LogP contribution < -0.4 is 4.74 Å². The first-order chi connectivity index (χ1) is 14.8. The molecule has 0 N–H and O–H groups in total. The Hall–Kier alpha value is 0.1000. The van der Waals surface area contributed by atoms with Crippen molar-refractivity contribution in [3.8, 4) is 5.75 Å². The van der Waals surface area contributed by atoms with Crippen molar-refractivity contribution < 1.29 is 14.0 Å². The van der Waals surface area contributed by atoms with Crippen molar-refractivity contribution in [2.75, 3.05) is 13.7 Å². The van der Waals surface area contributed by atoms with E-state index in [2.05, 4.69) is 47.2 Å². The van der Waals surface area contributed by atoms with E-state index in [-0.39, 0.29) is 0 Å². The van der Waals surface area contributed by atoms with Gasteiger partial charge in [0, 0.05) is 0 Å². The second-order valence-corrected chi connectivity index (χ2v) is 9.40. The summed E-state index contributed by atoms with van der Waals surface area (Å²) in [7, 11) is 1.78. The third-order valence-corrected chi connectivity index (χ3v) is 7.28. The number of hydrogen-bond donors (Lipinski definition) is 0. The Balaban J connectivity index is 0.00000106. The van der Waals surface area contributed by atoms with Gasteiger partial charge in [0.15, 0.2) is 0 Å². The molecule has 0 saturated carbocycles. The molecule has 0 amide bonds. The molecule has 0 aromatic heterocycles. The molecule has 5 unspecified atom stereocenters. The Bertz CT molecular complexity index is 569. The molecule has 1 aliphatic heterocycles. The Morgan fingerprint density at radius 3 is 2.57 bits per heavy atom. The minimum Gasteiger partial charge on any atom is -0.496 e. The van der Waals surface area contributed by atoms with Gasteiger partial charge < -0.3 is 14.0 Å². The smallest absolute Gasteiger partial charge is 0.122 e. The van der Waals surface area contributed by atoms with Gasteiger partial charge in [0.05, 0.1) is 32.4 Å². The van der Waals surface area contributed by atoms with Crippen LogP contribution in [0.1, 0.15) is 84.3 Å². The Labute approximate surface area is 200 Å². The molecule has 0 bridgehead atoms. The summed E-state index contributed by atoms with van der Waals surface area (Å²) in [6, 6.07) is 6.49. The van der Waals surface area contributed by atoms with Gasteiger partial charge in [0.25, 0.3) is 0 Å². The average molecular weight is 551 g/mol. The zero-order valence-electron chi connectivity index (χ0n) is 20.0. The van der Waals surface area contributed by atoms with Gasteiger partial charge >= 0.3 is 0 Å². The van der Waals surface area contributed by atoms with E-state index < -0.39 is 0 Å². The van der Waals surface area contributed by atoms with Crippen molar-refractivity contribution in [1.82, 2.24) is 0 Å². The first-order valence-corrected chi connectivity index (χ1v) is 16.1. The van der Waals surface area contributed by atoms with Gasteiger partial charge in [0.2, 0.25) is 0 Å². The van der Waals surface area contributed by atoms with E-state index in [0.29, 0.717) is 30.5 Å². The number of methoxy groups -OCH3 is 1. The SMILES string of the molecule is CC.CC.CCCCCC(CCC1OCC2Cc3c(cccc3OC)CC21)OPI. The fourth-order valence-corrected chi connectivity index (χ4v) is 6.08. The van der Waals surface area contributed by atoms with Gasteiger partial charge in [-0.15, -0.1) is 0 Å². The van der Waals surface area contributed by atoms with E-state index in [1.165, 1.54) is 36.8 Å². The summed E-state index contributed by atoms with van der Waals surface area (Å²) in [5, 5.41) is 0. The first kappa shape index (κ1) is 28.1. The first-order valence-electron chi connectivity index (χ1n) is 12.0. The molecule has 3 rings (SSSR count). The lowest BCUT2D eigenvalue weighted by atomic mass is 9.74. The highest BCUT2D eigenvalue weighted by Gasteiger charge is 2.41. The lowest BCUT2D eigenvalue weighted by Gasteiger charge is -2.30. The van der Waals surface area contributed by atoms with Crippen molar-refractivity contribution in [1.29, 1.82) is 0 Å².